The van der Waals surface area contributed by atoms with Crippen LogP contribution in [0.1, 0.15) is 67.7 Å². The van der Waals surface area contributed by atoms with Gasteiger partial charge in [0.15, 0.2) is 9.04 Å². The molecule has 1 aliphatic rings. The molecule has 0 aliphatic carbocycles. The van der Waals surface area contributed by atoms with Crippen LogP contribution in [0.3, 0.4) is 0 Å². The van der Waals surface area contributed by atoms with E-state index >= 15 is 0 Å². The quantitative estimate of drug-likeness (QED) is 0.432. The SMILES string of the molecule is CCOC(=O)C(CC(=O)O)C[C@]1(O[SiH](C)C)C[C@H](C(C)(C)C)CN1C(=O)OC(C)(C)C. The molecule has 1 rings (SSSR count). The Labute approximate surface area is 188 Å². The molecule has 1 N–H and O–H groups in total. The second-order valence-electron chi connectivity index (χ2n) is 10.7. The van der Waals surface area contributed by atoms with Gasteiger partial charge in [-0.2, -0.15) is 0 Å². The Balaban J connectivity index is 3.45. The van der Waals surface area contributed by atoms with Crippen molar-refractivity contribution in [1.29, 1.82) is 0 Å². The minimum Gasteiger partial charge on any atom is -0.481 e. The molecule has 0 bridgehead atoms. The van der Waals surface area contributed by atoms with Crippen LogP contribution < -0.4 is 0 Å². The smallest absolute Gasteiger partial charge is 0.412 e. The monoisotopic (exact) mass is 459 g/mol. The highest BCUT2D eigenvalue weighted by Crippen LogP contribution is 2.47. The first-order valence-electron chi connectivity index (χ1n) is 11.1. The molecular formula is C22H41NO7Si. The summed E-state index contributed by atoms with van der Waals surface area (Å²) in [5.74, 6) is -2.50. The number of nitrogens with zero attached hydrogens (tertiary/aromatic N) is 1. The standard InChI is InChI=1S/C22H41NO7Si/c1-10-28-18(26)15(11-17(24)25)12-22(30-31(8)9)13-16(20(2,3)4)14-23(22)19(27)29-21(5,6)7/h15-16,31H,10-14H2,1-9H3,(H,24,25)/t15?,16-,22-/m0/s1. The lowest BCUT2D eigenvalue weighted by Crippen LogP contribution is -2.54. The average Bonchev–Trinajstić information content (AvgIpc) is 2.91. The van der Waals surface area contributed by atoms with E-state index in [1.165, 1.54) is 0 Å². The van der Waals surface area contributed by atoms with Crippen molar-refractivity contribution in [2.75, 3.05) is 13.2 Å². The molecule has 0 aromatic carbocycles. The zero-order valence-electron chi connectivity index (χ0n) is 20.6. The van der Waals surface area contributed by atoms with Crippen molar-refractivity contribution in [3.05, 3.63) is 0 Å². The van der Waals surface area contributed by atoms with Crippen molar-refractivity contribution in [2.24, 2.45) is 17.3 Å². The number of hydrogen-bond acceptors (Lipinski definition) is 6. The van der Waals surface area contributed by atoms with Gasteiger partial charge in [0.25, 0.3) is 0 Å². The topological polar surface area (TPSA) is 102 Å². The summed E-state index contributed by atoms with van der Waals surface area (Å²) in [7, 11) is -1.70. The molecule has 1 saturated heterocycles. The third-order valence-corrected chi connectivity index (χ3v) is 6.27. The van der Waals surface area contributed by atoms with E-state index in [0.29, 0.717) is 13.0 Å². The lowest BCUT2D eigenvalue weighted by Gasteiger charge is -2.42. The Bertz CT molecular complexity index is 653. The molecule has 1 unspecified atom stereocenters. The number of esters is 1. The molecule has 8 nitrogen and oxygen atoms in total. The minimum absolute atomic E-state index is 0.0646. The molecule has 1 amide bonds. The second-order valence-corrected chi connectivity index (χ2v) is 13.1. The van der Waals surface area contributed by atoms with E-state index < -0.39 is 44.3 Å². The number of carboxylic acids is 1. The maximum Gasteiger partial charge on any atom is 0.412 e. The van der Waals surface area contributed by atoms with Gasteiger partial charge in [0.1, 0.15) is 11.3 Å². The van der Waals surface area contributed by atoms with Crippen LogP contribution in [0.2, 0.25) is 13.1 Å². The molecule has 0 aromatic rings. The molecule has 0 spiro atoms. The van der Waals surface area contributed by atoms with Gasteiger partial charge in [0.2, 0.25) is 0 Å². The van der Waals surface area contributed by atoms with Gasteiger partial charge in [-0.1, -0.05) is 20.8 Å². The highest BCUT2D eigenvalue weighted by Gasteiger charge is 2.54. The summed E-state index contributed by atoms with van der Waals surface area (Å²) in [6.07, 6.45) is -0.316. The van der Waals surface area contributed by atoms with E-state index in [-0.39, 0.29) is 30.8 Å². The number of carbonyl (C=O) groups is 3. The summed E-state index contributed by atoms with van der Waals surface area (Å²) in [5, 5.41) is 9.40. The maximum atomic E-state index is 13.2. The largest absolute Gasteiger partial charge is 0.481 e. The van der Waals surface area contributed by atoms with Crippen LogP contribution >= 0.6 is 0 Å². The normalized spacial score (nSPS) is 23.0. The summed E-state index contributed by atoms with van der Waals surface area (Å²) >= 11 is 0. The van der Waals surface area contributed by atoms with Crippen LogP contribution in [0, 0.1) is 17.3 Å². The number of amides is 1. The van der Waals surface area contributed by atoms with Crippen molar-refractivity contribution in [3.63, 3.8) is 0 Å². The predicted octanol–water partition coefficient (Wildman–Crippen LogP) is 4.03. The molecule has 1 fully saturated rings. The van der Waals surface area contributed by atoms with Crippen molar-refractivity contribution in [3.8, 4) is 0 Å². The molecular weight excluding hydrogens is 418 g/mol. The number of carbonyl (C=O) groups excluding carboxylic acids is 2. The number of likely N-dealkylation sites (tertiary alicyclic amines) is 1. The summed E-state index contributed by atoms with van der Waals surface area (Å²) in [6, 6.07) is 0. The molecule has 9 heteroatoms. The Hall–Kier alpha value is -1.61. The fourth-order valence-electron chi connectivity index (χ4n) is 3.97. The molecule has 1 aliphatic heterocycles. The molecule has 0 aromatic heterocycles. The summed E-state index contributed by atoms with van der Waals surface area (Å²) in [4.78, 5) is 38.9. The summed E-state index contributed by atoms with van der Waals surface area (Å²) in [6.45, 7) is 18.0. The van der Waals surface area contributed by atoms with Crippen molar-refractivity contribution in [2.45, 2.75) is 92.1 Å². The fraction of sp³-hybridized carbons (Fsp3) is 0.864. The average molecular weight is 460 g/mol. The third-order valence-electron chi connectivity index (χ3n) is 5.36. The molecule has 180 valence electrons. The number of aliphatic carboxylic acids is 1. The van der Waals surface area contributed by atoms with Crippen LogP contribution in [-0.2, 0) is 23.5 Å². The Kier molecular flexibility index (Phi) is 9.14. The third kappa shape index (κ3) is 8.10. The van der Waals surface area contributed by atoms with E-state index in [4.69, 9.17) is 13.9 Å². The van der Waals surface area contributed by atoms with Crippen LogP contribution in [0.4, 0.5) is 4.79 Å². The van der Waals surface area contributed by atoms with E-state index in [2.05, 4.69) is 20.8 Å². The van der Waals surface area contributed by atoms with Crippen molar-refractivity contribution >= 4 is 27.1 Å². The Morgan fingerprint density at radius 3 is 2.16 bits per heavy atom. The summed E-state index contributed by atoms with van der Waals surface area (Å²) in [5.41, 5.74) is -1.91. The van der Waals surface area contributed by atoms with Gasteiger partial charge in [0.05, 0.1) is 18.9 Å². The molecule has 31 heavy (non-hydrogen) atoms. The van der Waals surface area contributed by atoms with Crippen LogP contribution in [0.15, 0.2) is 0 Å². The predicted molar refractivity (Wildman–Crippen MR) is 120 cm³/mol. The molecule has 3 atom stereocenters. The minimum atomic E-state index is -1.70. The lowest BCUT2D eigenvalue weighted by atomic mass is 9.78. The van der Waals surface area contributed by atoms with E-state index in [1.54, 1.807) is 32.6 Å². The Morgan fingerprint density at radius 2 is 1.74 bits per heavy atom. The second kappa shape index (κ2) is 10.3. The van der Waals surface area contributed by atoms with E-state index in [1.807, 2.05) is 13.1 Å². The number of rotatable bonds is 8. The van der Waals surface area contributed by atoms with Crippen LogP contribution in [0.25, 0.3) is 0 Å². The van der Waals surface area contributed by atoms with Crippen LogP contribution in [0.5, 0.6) is 0 Å². The maximum absolute atomic E-state index is 13.2. The van der Waals surface area contributed by atoms with Gasteiger partial charge < -0.3 is 19.0 Å². The first-order chi connectivity index (χ1) is 14.0. The van der Waals surface area contributed by atoms with Gasteiger partial charge in [-0.15, -0.1) is 0 Å². The first kappa shape index (κ1) is 27.4. The first-order valence-corrected chi connectivity index (χ1v) is 13.9. The van der Waals surface area contributed by atoms with Gasteiger partial charge in [-0.3, -0.25) is 14.5 Å². The van der Waals surface area contributed by atoms with Gasteiger partial charge in [-0.25, -0.2) is 4.79 Å². The molecule has 0 saturated carbocycles. The van der Waals surface area contributed by atoms with Crippen LogP contribution in [-0.4, -0.2) is 61.6 Å². The zero-order valence-corrected chi connectivity index (χ0v) is 21.8. The van der Waals surface area contributed by atoms with E-state index in [0.717, 1.165) is 0 Å². The fourth-order valence-corrected chi connectivity index (χ4v) is 5.17. The zero-order chi connectivity index (χ0) is 24.2. The lowest BCUT2D eigenvalue weighted by molar-refractivity contribution is -0.157. The van der Waals surface area contributed by atoms with E-state index in [9.17, 15) is 19.5 Å². The van der Waals surface area contributed by atoms with Gasteiger partial charge >= 0.3 is 18.0 Å². The molecule has 1 heterocycles. The van der Waals surface area contributed by atoms with Gasteiger partial charge in [-0.05, 0) is 58.5 Å². The van der Waals surface area contributed by atoms with Crippen molar-refractivity contribution < 1.29 is 33.4 Å². The Morgan fingerprint density at radius 1 is 1.16 bits per heavy atom. The number of carboxylic acid groups (broad SMARTS) is 1. The highest BCUT2D eigenvalue weighted by molar-refractivity contribution is 6.48. The highest BCUT2D eigenvalue weighted by atomic mass is 28.3. The molecule has 0 radical (unpaired) electrons. The number of ether oxygens (including phenoxy) is 2. The number of hydrogen-bond donors (Lipinski definition) is 1. The summed E-state index contributed by atoms with van der Waals surface area (Å²) < 4.78 is 17.3. The van der Waals surface area contributed by atoms with Gasteiger partial charge in [0, 0.05) is 13.0 Å². The van der Waals surface area contributed by atoms with Crippen molar-refractivity contribution in [1.82, 2.24) is 4.90 Å².